The zero-order valence-corrected chi connectivity index (χ0v) is 17.9. The second-order valence-corrected chi connectivity index (χ2v) is 6.97. The van der Waals surface area contributed by atoms with Gasteiger partial charge in [0.25, 0.3) is 0 Å². The zero-order valence-electron chi connectivity index (χ0n) is 17.0. The van der Waals surface area contributed by atoms with Crippen molar-refractivity contribution < 1.29 is 19.0 Å². The number of fused-ring (bicyclic) bond motifs is 2. The summed E-state index contributed by atoms with van der Waals surface area (Å²) in [5, 5.41) is 14.5. The minimum absolute atomic E-state index is 0. The van der Waals surface area contributed by atoms with Crippen LogP contribution in [0, 0.1) is 0 Å². The molecule has 3 aromatic carbocycles. The Morgan fingerprint density at radius 3 is 2.52 bits per heavy atom. The summed E-state index contributed by atoms with van der Waals surface area (Å²) in [4.78, 5) is 12.7. The Hall–Kier alpha value is -3.06. The first-order valence-corrected chi connectivity index (χ1v) is 9.75. The molecule has 2 N–H and O–H groups in total. The van der Waals surface area contributed by atoms with Crippen LogP contribution < -0.4 is 20.2 Å². The van der Waals surface area contributed by atoms with Gasteiger partial charge in [-0.05, 0) is 30.3 Å². The van der Waals surface area contributed by atoms with E-state index in [0.717, 1.165) is 11.3 Å². The van der Waals surface area contributed by atoms with Crippen LogP contribution in [-0.2, 0) is 6.54 Å². The maximum absolute atomic E-state index is 12.7. The highest BCUT2D eigenvalue weighted by Crippen LogP contribution is 2.27. The van der Waals surface area contributed by atoms with E-state index in [1.54, 1.807) is 43.5 Å². The van der Waals surface area contributed by atoms with Crippen molar-refractivity contribution >= 4 is 34.3 Å². The number of hydrogen-bond acceptors (Lipinski definition) is 6. The molecule has 0 aliphatic carbocycles. The number of hydrogen-bond donors (Lipinski definition) is 2. The fourth-order valence-corrected chi connectivity index (χ4v) is 3.38. The number of para-hydroxylation sites is 3. The minimum Gasteiger partial charge on any atom is -0.496 e. The number of methoxy groups -OCH3 is 1. The standard InChI is InChI=1S/C24H23NO5.ClH/c1-28-20-10-4-2-7-16(20)13-25-14-17(26)15-29-22-12-6-9-19-23(27)18-8-3-5-11-21(18)30-24(19)22;/h2-12,17,25-26H,13-15H2,1H3;1H. The number of aliphatic hydroxyl groups is 1. The smallest absolute Gasteiger partial charge is 0.200 e. The molecule has 0 spiro atoms. The molecular weight excluding hydrogens is 418 g/mol. The Bertz CT molecular complexity index is 1220. The predicted octanol–water partition coefficient (Wildman–Crippen LogP) is 3.91. The lowest BCUT2D eigenvalue weighted by Gasteiger charge is -2.15. The van der Waals surface area contributed by atoms with Crippen LogP contribution in [0.5, 0.6) is 11.5 Å². The molecule has 1 unspecified atom stereocenters. The largest absolute Gasteiger partial charge is 0.496 e. The molecule has 1 heterocycles. The van der Waals surface area contributed by atoms with Gasteiger partial charge in [-0.1, -0.05) is 36.4 Å². The van der Waals surface area contributed by atoms with Crippen LogP contribution in [0.1, 0.15) is 5.56 Å². The highest BCUT2D eigenvalue weighted by molar-refractivity contribution is 5.92. The summed E-state index contributed by atoms with van der Waals surface area (Å²) in [6.07, 6.45) is -0.734. The number of aliphatic hydroxyl groups excluding tert-OH is 1. The molecule has 0 fully saturated rings. The Kier molecular flexibility index (Phi) is 7.52. The number of benzene rings is 3. The minimum atomic E-state index is -0.734. The fraction of sp³-hybridized carbons (Fsp3) is 0.208. The van der Waals surface area contributed by atoms with E-state index in [4.69, 9.17) is 13.9 Å². The SMILES string of the molecule is COc1ccccc1CNCC(O)COc1cccc2c(=O)c3ccccc3oc12.Cl. The maximum atomic E-state index is 12.7. The van der Waals surface area contributed by atoms with Gasteiger partial charge in [0.1, 0.15) is 24.0 Å². The van der Waals surface area contributed by atoms with Crippen molar-refractivity contribution in [1.29, 1.82) is 0 Å². The van der Waals surface area contributed by atoms with Gasteiger partial charge in [0.05, 0.1) is 17.9 Å². The van der Waals surface area contributed by atoms with E-state index in [9.17, 15) is 9.90 Å². The van der Waals surface area contributed by atoms with Gasteiger partial charge in [0.2, 0.25) is 5.43 Å². The Morgan fingerprint density at radius 2 is 1.68 bits per heavy atom. The van der Waals surface area contributed by atoms with E-state index in [1.165, 1.54) is 0 Å². The van der Waals surface area contributed by atoms with Gasteiger partial charge in [0, 0.05) is 18.7 Å². The molecule has 0 saturated carbocycles. The average molecular weight is 442 g/mol. The quantitative estimate of drug-likeness (QED) is 0.403. The summed E-state index contributed by atoms with van der Waals surface area (Å²) in [7, 11) is 1.63. The number of rotatable bonds is 8. The van der Waals surface area contributed by atoms with E-state index >= 15 is 0 Å². The van der Waals surface area contributed by atoms with Crippen LogP contribution in [-0.4, -0.2) is 31.5 Å². The molecular formula is C24H24ClNO5. The normalized spacial score (nSPS) is 11.8. The molecule has 1 atom stereocenters. The molecule has 7 heteroatoms. The van der Waals surface area contributed by atoms with E-state index in [-0.39, 0.29) is 24.4 Å². The molecule has 162 valence electrons. The van der Waals surface area contributed by atoms with Crippen LogP contribution >= 0.6 is 12.4 Å². The third kappa shape index (κ3) is 4.99. The van der Waals surface area contributed by atoms with Gasteiger partial charge in [0.15, 0.2) is 11.3 Å². The van der Waals surface area contributed by atoms with Gasteiger partial charge in [-0.15, -0.1) is 12.4 Å². The van der Waals surface area contributed by atoms with Crippen molar-refractivity contribution in [3.63, 3.8) is 0 Å². The van der Waals surface area contributed by atoms with Crippen LogP contribution in [0.2, 0.25) is 0 Å². The van der Waals surface area contributed by atoms with E-state index in [0.29, 0.717) is 40.8 Å². The molecule has 4 aromatic rings. The Balaban J connectivity index is 0.00000272. The second-order valence-electron chi connectivity index (χ2n) is 6.97. The zero-order chi connectivity index (χ0) is 20.9. The van der Waals surface area contributed by atoms with E-state index < -0.39 is 6.10 Å². The first kappa shape index (κ1) is 22.6. The number of nitrogens with one attached hydrogen (secondary N) is 1. The van der Waals surface area contributed by atoms with E-state index in [1.807, 2.05) is 30.3 Å². The number of ether oxygens (including phenoxy) is 2. The fourth-order valence-electron chi connectivity index (χ4n) is 3.38. The summed E-state index contributed by atoms with van der Waals surface area (Å²) < 4.78 is 17.0. The van der Waals surface area contributed by atoms with Crippen molar-refractivity contribution in [3.8, 4) is 11.5 Å². The first-order chi connectivity index (χ1) is 14.7. The third-order valence-corrected chi connectivity index (χ3v) is 4.89. The van der Waals surface area contributed by atoms with E-state index in [2.05, 4.69) is 5.32 Å². The summed E-state index contributed by atoms with van der Waals surface area (Å²) in [5.74, 6) is 1.23. The highest BCUT2D eigenvalue weighted by atomic mass is 35.5. The molecule has 0 aliphatic heterocycles. The van der Waals surface area contributed by atoms with Crippen LogP contribution in [0.3, 0.4) is 0 Å². The van der Waals surface area contributed by atoms with Gasteiger partial charge < -0.3 is 24.3 Å². The summed E-state index contributed by atoms with van der Waals surface area (Å²) in [5.41, 5.74) is 1.80. The molecule has 0 saturated heterocycles. The molecule has 0 bridgehead atoms. The van der Waals surface area contributed by atoms with Crippen molar-refractivity contribution in [2.45, 2.75) is 12.6 Å². The van der Waals surface area contributed by atoms with Gasteiger partial charge in [-0.3, -0.25) is 4.79 Å². The molecule has 6 nitrogen and oxygen atoms in total. The summed E-state index contributed by atoms with van der Waals surface area (Å²) >= 11 is 0. The summed E-state index contributed by atoms with van der Waals surface area (Å²) in [6.45, 7) is 0.973. The lowest BCUT2D eigenvalue weighted by molar-refractivity contribution is 0.106. The third-order valence-electron chi connectivity index (χ3n) is 4.89. The predicted molar refractivity (Wildman–Crippen MR) is 123 cm³/mol. The van der Waals surface area contributed by atoms with Crippen LogP contribution in [0.25, 0.3) is 21.9 Å². The molecule has 1 aromatic heterocycles. The molecule has 4 rings (SSSR count). The van der Waals surface area contributed by atoms with Crippen LogP contribution in [0.4, 0.5) is 0 Å². The molecule has 0 radical (unpaired) electrons. The summed E-state index contributed by atoms with van der Waals surface area (Å²) in [6, 6.07) is 20.0. The average Bonchev–Trinajstić information content (AvgIpc) is 2.78. The molecule has 0 aliphatic rings. The molecule has 0 amide bonds. The van der Waals surface area contributed by atoms with Crippen LogP contribution in [0.15, 0.2) is 75.9 Å². The monoisotopic (exact) mass is 441 g/mol. The lowest BCUT2D eigenvalue weighted by Crippen LogP contribution is -2.31. The van der Waals surface area contributed by atoms with Crippen molar-refractivity contribution in [2.75, 3.05) is 20.3 Å². The molecule has 31 heavy (non-hydrogen) atoms. The Labute approximate surface area is 185 Å². The topological polar surface area (TPSA) is 80.9 Å². The number of halogens is 1. The van der Waals surface area contributed by atoms with Gasteiger partial charge >= 0.3 is 0 Å². The maximum Gasteiger partial charge on any atom is 0.200 e. The van der Waals surface area contributed by atoms with Crippen molar-refractivity contribution in [3.05, 3.63) is 82.5 Å². The van der Waals surface area contributed by atoms with Crippen molar-refractivity contribution in [1.82, 2.24) is 5.32 Å². The van der Waals surface area contributed by atoms with Gasteiger partial charge in [-0.2, -0.15) is 0 Å². The highest BCUT2D eigenvalue weighted by Gasteiger charge is 2.13. The second kappa shape index (κ2) is 10.3. The first-order valence-electron chi connectivity index (χ1n) is 9.75. The Morgan fingerprint density at radius 1 is 0.968 bits per heavy atom. The van der Waals surface area contributed by atoms with Gasteiger partial charge in [-0.25, -0.2) is 0 Å². The van der Waals surface area contributed by atoms with Crippen molar-refractivity contribution in [2.24, 2.45) is 0 Å². The lowest BCUT2D eigenvalue weighted by atomic mass is 10.1.